The Labute approximate surface area is 170 Å². The summed E-state index contributed by atoms with van der Waals surface area (Å²) in [5, 5.41) is 2.89. The van der Waals surface area contributed by atoms with Crippen molar-refractivity contribution in [2.75, 3.05) is 38.1 Å². The highest BCUT2D eigenvalue weighted by molar-refractivity contribution is 5.96. The van der Waals surface area contributed by atoms with Gasteiger partial charge in [0, 0.05) is 30.8 Å². The Bertz CT molecular complexity index is 854. The lowest BCUT2D eigenvalue weighted by atomic mass is 10.1. The van der Waals surface area contributed by atoms with Crippen molar-refractivity contribution in [3.8, 4) is 17.2 Å². The van der Waals surface area contributed by atoms with Crippen LogP contribution in [-0.2, 0) is 16.0 Å². The summed E-state index contributed by atoms with van der Waals surface area (Å²) in [6.45, 7) is 0.749. The van der Waals surface area contributed by atoms with E-state index >= 15 is 0 Å². The van der Waals surface area contributed by atoms with Gasteiger partial charge in [0.1, 0.15) is 0 Å². The van der Waals surface area contributed by atoms with E-state index in [9.17, 15) is 9.59 Å². The van der Waals surface area contributed by atoms with Crippen LogP contribution in [0, 0.1) is 0 Å². The zero-order chi connectivity index (χ0) is 20.8. The first-order valence-electron chi connectivity index (χ1n) is 9.55. The quantitative estimate of drug-likeness (QED) is 0.737. The molecule has 0 unspecified atom stereocenters. The van der Waals surface area contributed by atoms with Crippen molar-refractivity contribution in [2.24, 2.45) is 0 Å². The van der Waals surface area contributed by atoms with Crippen molar-refractivity contribution >= 4 is 23.2 Å². The number of anilines is 2. The molecule has 7 heteroatoms. The molecule has 29 heavy (non-hydrogen) atoms. The second-order valence-corrected chi connectivity index (χ2v) is 6.78. The summed E-state index contributed by atoms with van der Waals surface area (Å²) in [5.74, 6) is 1.71. The molecule has 1 fully saturated rings. The normalized spacial score (nSPS) is 13.3. The second-order valence-electron chi connectivity index (χ2n) is 6.78. The maximum atomic E-state index is 12.3. The number of amides is 2. The molecule has 0 aliphatic carbocycles. The molecule has 3 rings (SSSR count). The number of aryl methyl sites for hydroxylation is 1. The summed E-state index contributed by atoms with van der Waals surface area (Å²) in [4.78, 5) is 25.9. The van der Waals surface area contributed by atoms with E-state index in [4.69, 9.17) is 14.2 Å². The Morgan fingerprint density at radius 2 is 1.69 bits per heavy atom. The molecular formula is C22H26N2O5. The molecule has 0 atom stereocenters. The van der Waals surface area contributed by atoms with Gasteiger partial charge in [-0.05, 0) is 54.8 Å². The SMILES string of the molecule is COc1cc(CCC(=O)Nc2ccc(N3CCCC3=O)cc2)cc(OC)c1OC. The van der Waals surface area contributed by atoms with Crippen molar-refractivity contribution in [1.29, 1.82) is 0 Å². The molecule has 1 aliphatic heterocycles. The van der Waals surface area contributed by atoms with Gasteiger partial charge >= 0.3 is 0 Å². The zero-order valence-electron chi connectivity index (χ0n) is 17.0. The predicted molar refractivity (Wildman–Crippen MR) is 111 cm³/mol. The van der Waals surface area contributed by atoms with Crippen molar-refractivity contribution in [3.05, 3.63) is 42.0 Å². The fourth-order valence-corrected chi connectivity index (χ4v) is 3.41. The van der Waals surface area contributed by atoms with Gasteiger partial charge in [0.2, 0.25) is 17.6 Å². The smallest absolute Gasteiger partial charge is 0.227 e. The number of ether oxygens (including phenoxy) is 3. The molecule has 1 N–H and O–H groups in total. The van der Waals surface area contributed by atoms with Crippen LogP contribution in [0.2, 0.25) is 0 Å². The first-order chi connectivity index (χ1) is 14.0. The van der Waals surface area contributed by atoms with Gasteiger partial charge in [0.25, 0.3) is 0 Å². The van der Waals surface area contributed by atoms with Crippen LogP contribution in [0.4, 0.5) is 11.4 Å². The minimum absolute atomic E-state index is 0.0937. The van der Waals surface area contributed by atoms with Gasteiger partial charge in [-0.2, -0.15) is 0 Å². The van der Waals surface area contributed by atoms with Crippen LogP contribution in [0.3, 0.4) is 0 Å². The first kappa shape index (κ1) is 20.5. The maximum Gasteiger partial charge on any atom is 0.227 e. The van der Waals surface area contributed by atoms with Crippen LogP contribution >= 0.6 is 0 Å². The highest BCUT2D eigenvalue weighted by Crippen LogP contribution is 2.38. The molecule has 0 radical (unpaired) electrons. The topological polar surface area (TPSA) is 77.1 Å². The predicted octanol–water partition coefficient (Wildman–Crippen LogP) is 3.41. The number of carbonyl (C=O) groups excluding carboxylic acids is 2. The second kappa shape index (κ2) is 9.32. The Hall–Kier alpha value is -3.22. The standard InChI is InChI=1S/C22H26N2O5/c1-27-18-13-15(14-19(28-2)22(18)29-3)6-11-20(25)23-16-7-9-17(10-8-16)24-12-4-5-21(24)26/h7-10,13-14H,4-6,11-12H2,1-3H3,(H,23,25). The van der Waals surface area contributed by atoms with Gasteiger partial charge in [-0.15, -0.1) is 0 Å². The summed E-state index contributed by atoms with van der Waals surface area (Å²) in [6.07, 6.45) is 2.32. The van der Waals surface area contributed by atoms with Gasteiger partial charge in [-0.3, -0.25) is 9.59 Å². The van der Waals surface area contributed by atoms with Gasteiger partial charge in [-0.25, -0.2) is 0 Å². The highest BCUT2D eigenvalue weighted by atomic mass is 16.5. The third kappa shape index (κ3) is 4.80. The minimum atomic E-state index is -0.0937. The Morgan fingerprint density at radius 3 is 2.21 bits per heavy atom. The fraction of sp³-hybridized carbons (Fsp3) is 0.364. The van der Waals surface area contributed by atoms with Crippen molar-refractivity contribution in [1.82, 2.24) is 0 Å². The Kier molecular flexibility index (Phi) is 6.59. The molecule has 0 bridgehead atoms. The van der Waals surface area contributed by atoms with E-state index in [1.807, 2.05) is 36.4 Å². The molecule has 0 saturated carbocycles. The first-order valence-corrected chi connectivity index (χ1v) is 9.55. The largest absolute Gasteiger partial charge is 0.493 e. The number of hydrogen-bond donors (Lipinski definition) is 1. The molecule has 2 amide bonds. The van der Waals surface area contributed by atoms with Crippen LogP contribution in [0.5, 0.6) is 17.2 Å². The van der Waals surface area contributed by atoms with Crippen LogP contribution in [0.1, 0.15) is 24.8 Å². The van der Waals surface area contributed by atoms with Gasteiger partial charge in [0.05, 0.1) is 21.3 Å². The van der Waals surface area contributed by atoms with Crippen molar-refractivity contribution < 1.29 is 23.8 Å². The average Bonchev–Trinajstić information content (AvgIpc) is 3.17. The molecule has 2 aromatic carbocycles. The van der Waals surface area contributed by atoms with E-state index in [0.717, 1.165) is 24.2 Å². The summed E-state index contributed by atoms with van der Waals surface area (Å²) in [6, 6.07) is 11.0. The fourth-order valence-electron chi connectivity index (χ4n) is 3.41. The summed E-state index contributed by atoms with van der Waals surface area (Å²) < 4.78 is 16.0. The van der Waals surface area contributed by atoms with Crippen LogP contribution in [0.25, 0.3) is 0 Å². The number of benzene rings is 2. The van der Waals surface area contributed by atoms with Crippen LogP contribution in [-0.4, -0.2) is 39.7 Å². The van der Waals surface area contributed by atoms with Crippen LogP contribution in [0.15, 0.2) is 36.4 Å². The van der Waals surface area contributed by atoms with Gasteiger partial charge < -0.3 is 24.4 Å². The highest BCUT2D eigenvalue weighted by Gasteiger charge is 2.21. The molecule has 2 aromatic rings. The molecule has 1 saturated heterocycles. The third-order valence-electron chi connectivity index (χ3n) is 4.90. The molecular weight excluding hydrogens is 372 g/mol. The van der Waals surface area contributed by atoms with Crippen LogP contribution < -0.4 is 24.4 Å². The van der Waals surface area contributed by atoms with E-state index < -0.39 is 0 Å². The monoisotopic (exact) mass is 398 g/mol. The number of nitrogens with zero attached hydrogens (tertiary/aromatic N) is 1. The number of hydrogen-bond acceptors (Lipinski definition) is 5. The lowest BCUT2D eigenvalue weighted by Crippen LogP contribution is -2.23. The Morgan fingerprint density at radius 1 is 1.03 bits per heavy atom. The molecule has 1 heterocycles. The maximum absolute atomic E-state index is 12.3. The van der Waals surface area contributed by atoms with E-state index in [1.165, 1.54) is 0 Å². The van der Waals surface area contributed by atoms with Gasteiger partial charge in [-0.1, -0.05) is 0 Å². The molecule has 7 nitrogen and oxygen atoms in total. The average molecular weight is 398 g/mol. The van der Waals surface area contributed by atoms with E-state index in [0.29, 0.717) is 42.2 Å². The van der Waals surface area contributed by atoms with Crippen molar-refractivity contribution in [2.45, 2.75) is 25.7 Å². The molecule has 0 spiro atoms. The van der Waals surface area contributed by atoms with Gasteiger partial charge in [0.15, 0.2) is 11.5 Å². The number of rotatable bonds is 8. The van der Waals surface area contributed by atoms with E-state index in [2.05, 4.69) is 5.32 Å². The summed E-state index contributed by atoms with van der Waals surface area (Å²) in [7, 11) is 4.68. The number of methoxy groups -OCH3 is 3. The third-order valence-corrected chi connectivity index (χ3v) is 4.90. The minimum Gasteiger partial charge on any atom is -0.493 e. The number of nitrogens with one attached hydrogen (secondary N) is 1. The molecule has 1 aliphatic rings. The molecule has 154 valence electrons. The van der Waals surface area contributed by atoms with Crippen molar-refractivity contribution in [3.63, 3.8) is 0 Å². The number of carbonyl (C=O) groups is 2. The summed E-state index contributed by atoms with van der Waals surface area (Å²) >= 11 is 0. The Balaban J connectivity index is 1.59. The van der Waals surface area contributed by atoms with E-state index in [-0.39, 0.29) is 11.8 Å². The molecule has 0 aromatic heterocycles. The summed E-state index contributed by atoms with van der Waals surface area (Å²) in [5.41, 5.74) is 2.48. The lowest BCUT2D eigenvalue weighted by Gasteiger charge is -2.16. The zero-order valence-corrected chi connectivity index (χ0v) is 17.0. The lowest BCUT2D eigenvalue weighted by molar-refractivity contribution is -0.117. The van der Waals surface area contributed by atoms with E-state index in [1.54, 1.807) is 26.2 Å².